The summed E-state index contributed by atoms with van der Waals surface area (Å²) in [6, 6.07) is 7.88. The summed E-state index contributed by atoms with van der Waals surface area (Å²) >= 11 is 6.08. The lowest BCUT2D eigenvalue weighted by atomic mass is 10.1. The summed E-state index contributed by atoms with van der Waals surface area (Å²) in [5.41, 5.74) is 1.15. The molecule has 3 heteroatoms. The Hall–Kier alpha value is -0.860. The number of likely N-dealkylation sites (tertiary alicyclic amines) is 1. The molecule has 0 N–H and O–H groups in total. The quantitative estimate of drug-likeness (QED) is 0.768. The Morgan fingerprint density at radius 3 is 2.53 bits per heavy atom. The van der Waals surface area contributed by atoms with Gasteiger partial charge in [0.15, 0.2) is 0 Å². The van der Waals surface area contributed by atoms with Crippen molar-refractivity contribution in [2.45, 2.75) is 19.4 Å². The number of halogens is 1. The molecule has 1 aromatic rings. The topological polar surface area (TPSA) is 20.3 Å². The van der Waals surface area contributed by atoms with E-state index in [2.05, 4.69) is 4.90 Å². The minimum atomic E-state index is 0.380. The largest absolute Gasteiger partial charge is 0.300 e. The van der Waals surface area contributed by atoms with Crippen molar-refractivity contribution in [2.24, 2.45) is 0 Å². The van der Waals surface area contributed by atoms with E-state index in [1.165, 1.54) is 0 Å². The number of piperidine rings is 1. The van der Waals surface area contributed by atoms with Crippen molar-refractivity contribution in [1.29, 1.82) is 0 Å². The van der Waals surface area contributed by atoms with Crippen molar-refractivity contribution in [1.82, 2.24) is 4.90 Å². The van der Waals surface area contributed by atoms with Crippen LogP contribution in [0.4, 0.5) is 0 Å². The third-order valence-corrected chi connectivity index (χ3v) is 3.13. The van der Waals surface area contributed by atoms with Gasteiger partial charge in [0, 0.05) is 37.5 Å². The lowest BCUT2D eigenvalue weighted by Crippen LogP contribution is -2.33. The molecule has 0 amide bonds. The average Bonchev–Trinajstić information content (AvgIpc) is 2.25. The van der Waals surface area contributed by atoms with Crippen LogP contribution >= 0.6 is 11.6 Å². The molecule has 1 heterocycles. The molecule has 2 nitrogen and oxygen atoms in total. The van der Waals surface area contributed by atoms with Crippen LogP contribution in [0.3, 0.4) is 0 Å². The molecule has 1 aliphatic rings. The van der Waals surface area contributed by atoms with Crippen LogP contribution in [0.1, 0.15) is 18.4 Å². The first kappa shape index (κ1) is 10.7. The molecule has 80 valence electrons. The first-order valence-electron chi connectivity index (χ1n) is 5.23. The molecule has 0 aromatic heterocycles. The van der Waals surface area contributed by atoms with Crippen LogP contribution in [0.15, 0.2) is 24.3 Å². The maximum Gasteiger partial charge on any atom is 0.135 e. The van der Waals surface area contributed by atoms with Crippen LogP contribution < -0.4 is 0 Å². The van der Waals surface area contributed by atoms with Gasteiger partial charge in [-0.1, -0.05) is 29.8 Å². The van der Waals surface area contributed by atoms with Crippen molar-refractivity contribution in [3.8, 4) is 0 Å². The predicted molar refractivity (Wildman–Crippen MR) is 61.0 cm³/mol. The second-order valence-electron chi connectivity index (χ2n) is 3.91. The van der Waals surface area contributed by atoms with Gasteiger partial charge in [-0.15, -0.1) is 0 Å². The summed E-state index contributed by atoms with van der Waals surface area (Å²) in [6.45, 7) is 2.58. The van der Waals surface area contributed by atoms with Gasteiger partial charge in [0.25, 0.3) is 0 Å². The highest BCUT2D eigenvalue weighted by Gasteiger charge is 2.16. The minimum absolute atomic E-state index is 0.380. The van der Waals surface area contributed by atoms with Gasteiger partial charge < -0.3 is 0 Å². The molecule has 0 spiro atoms. The Kier molecular flexibility index (Phi) is 3.39. The van der Waals surface area contributed by atoms with Crippen LogP contribution in [0, 0.1) is 0 Å². The number of carbonyl (C=O) groups is 1. The highest BCUT2D eigenvalue weighted by atomic mass is 35.5. The zero-order chi connectivity index (χ0) is 10.7. The van der Waals surface area contributed by atoms with Crippen molar-refractivity contribution in [3.63, 3.8) is 0 Å². The Morgan fingerprint density at radius 1 is 1.20 bits per heavy atom. The zero-order valence-electron chi connectivity index (χ0n) is 8.58. The summed E-state index contributed by atoms with van der Waals surface area (Å²) in [4.78, 5) is 13.4. The third kappa shape index (κ3) is 2.80. The molecular weight excluding hydrogens is 210 g/mol. The fraction of sp³-hybridized carbons (Fsp3) is 0.417. The number of hydrogen-bond donors (Lipinski definition) is 0. The van der Waals surface area contributed by atoms with E-state index in [4.69, 9.17) is 11.6 Å². The van der Waals surface area contributed by atoms with Crippen molar-refractivity contribution >= 4 is 17.4 Å². The van der Waals surface area contributed by atoms with Crippen LogP contribution in [0.25, 0.3) is 0 Å². The van der Waals surface area contributed by atoms with Crippen molar-refractivity contribution in [3.05, 3.63) is 34.9 Å². The number of rotatable bonds is 2. The number of benzene rings is 1. The molecule has 1 saturated heterocycles. The van der Waals surface area contributed by atoms with Crippen LogP contribution in [0.5, 0.6) is 0 Å². The molecule has 0 unspecified atom stereocenters. The molecule has 0 atom stereocenters. The second-order valence-corrected chi connectivity index (χ2v) is 4.31. The summed E-state index contributed by atoms with van der Waals surface area (Å²) in [7, 11) is 0. The lowest BCUT2D eigenvalue weighted by Gasteiger charge is -2.26. The van der Waals surface area contributed by atoms with Gasteiger partial charge >= 0.3 is 0 Å². The average molecular weight is 224 g/mol. The van der Waals surface area contributed by atoms with Gasteiger partial charge in [0.2, 0.25) is 0 Å². The normalized spacial score (nSPS) is 18.1. The number of Topliss-reactive ketones (excluding diaryl/α,β-unsaturated/α-hetero) is 1. The maximum atomic E-state index is 11.1. The second kappa shape index (κ2) is 4.77. The van der Waals surface area contributed by atoms with E-state index in [1.807, 2.05) is 24.3 Å². The van der Waals surface area contributed by atoms with Crippen molar-refractivity contribution in [2.75, 3.05) is 13.1 Å². The summed E-state index contributed by atoms with van der Waals surface area (Å²) in [6.07, 6.45) is 1.37. The fourth-order valence-electron chi connectivity index (χ4n) is 1.83. The molecule has 0 saturated carbocycles. The maximum absolute atomic E-state index is 11.1. The first-order valence-corrected chi connectivity index (χ1v) is 5.61. The molecule has 1 aromatic carbocycles. The van der Waals surface area contributed by atoms with E-state index < -0.39 is 0 Å². The zero-order valence-corrected chi connectivity index (χ0v) is 9.33. The Labute approximate surface area is 94.8 Å². The molecule has 1 aliphatic heterocycles. The van der Waals surface area contributed by atoms with E-state index in [0.717, 1.165) is 30.2 Å². The molecule has 0 bridgehead atoms. The lowest BCUT2D eigenvalue weighted by molar-refractivity contribution is -0.121. The van der Waals surface area contributed by atoms with Gasteiger partial charge in [-0.3, -0.25) is 9.69 Å². The smallest absolute Gasteiger partial charge is 0.135 e. The predicted octanol–water partition coefficient (Wildman–Crippen LogP) is 2.50. The Bertz CT molecular complexity index is 354. The molecule has 15 heavy (non-hydrogen) atoms. The monoisotopic (exact) mass is 223 g/mol. The van der Waals surface area contributed by atoms with Gasteiger partial charge in [0.05, 0.1) is 0 Å². The molecule has 1 fully saturated rings. The van der Waals surface area contributed by atoms with Crippen LogP contribution in [-0.4, -0.2) is 23.8 Å². The third-order valence-electron chi connectivity index (χ3n) is 2.77. The standard InChI is InChI=1S/C12H14ClNO/c13-12-4-2-1-3-10(12)9-14-7-5-11(15)6-8-14/h1-4H,5-9H2. The number of carbonyl (C=O) groups excluding carboxylic acids is 1. The van der Waals surface area contributed by atoms with Gasteiger partial charge in [0.1, 0.15) is 5.78 Å². The van der Waals surface area contributed by atoms with E-state index in [-0.39, 0.29) is 0 Å². The van der Waals surface area contributed by atoms with E-state index in [9.17, 15) is 4.79 Å². The summed E-state index contributed by atoms with van der Waals surface area (Å²) in [5.74, 6) is 0.380. The van der Waals surface area contributed by atoms with Gasteiger partial charge in [-0.05, 0) is 11.6 Å². The highest BCUT2D eigenvalue weighted by molar-refractivity contribution is 6.31. The summed E-state index contributed by atoms with van der Waals surface area (Å²) < 4.78 is 0. The van der Waals surface area contributed by atoms with Crippen molar-refractivity contribution < 1.29 is 4.79 Å². The first-order chi connectivity index (χ1) is 7.25. The SMILES string of the molecule is O=C1CCN(Cc2ccccc2Cl)CC1. The molecule has 0 radical (unpaired) electrons. The summed E-state index contributed by atoms with van der Waals surface area (Å²) in [5, 5.41) is 0.814. The van der Waals surface area contributed by atoms with E-state index in [0.29, 0.717) is 18.6 Å². The van der Waals surface area contributed by atoms with E-state index in [1.54, 1.807) is 0 Å². The molecule has 2 rings (SSSR count). The van der Waals surface area contributed by atoms with Gasteiger partial charge in [-0.2, -0.15) is 0 Å². The number of ketones is 1. The number of nitrogens with zero attached hydrogens (tertiary/aromatic N) is 1. The van der Waals surface area contributed by atoms with Crippen LogP contribution in [-0.2, 0) is 11.3 Å². The fourth-order valence-corrected chi connectivity index (χ4v) is 2.02. The number of hydrogen-bond acceptors (Lipinski definition) is 2. The minimum Gasteiger partial charge on any atom is -0.300 e. The Morgan fingerprint density at radius 2 is 1.87 bits per heavy atom. The Balaban J connectivity index is 1.97. The van der Waals surface area contributed by atoms with Gasteiger partial charge in [-0.25, -0.2) is 0 Å². The van der Waals surface area contributed by atoms with Crippen LogP contribution in [0.2, 0.25) is 5.02 Å². The highest BCUT2D eigenvalue weighted by Crippen LogP contribution is 2.18. The van der Waals surface area contributed by atoms with E-state index >= 15 is 0 Å². The molecule has 0 aliphatic carbocycles. The molecular formula is C12H14ClNO.